The first kappa shape index (κ1) is 12.9. The van der Waals surface area contributed by atoms with Crippen LogP contribution in [-0.4, -0.2) is 31.0 Å². The van der Waals surface area contributed by atoms with Crippen molar-refractivity contribution in [3.63, 3.8) is 0 Å². The van der Waals surface area contributed by atoms with Crippen molar-refractivity contribution in [2.75, 3.05) is 18.1 Å². The number of benzene rings is 1. The van der Waals surface area contributed by atoms with Crippen LogP contribution >= 0.6 is 0 Å². The summed E-state index contributed by atoms with van der Waals surface area (Å²) in [6.45, 7) is 0.963. The number of carbonyl (C=O) groups excluding carboxylic acids is 2. The molecule has 1 fully saturated rings. The number of nitrogens with zero attached hydrogens (tertiary/aromatic N) is 1. The van der Waals surface area contributed by atoms with Crippen molar-refractivity contribution in [3.8, 4) is 16.9 Å². The summed E-state index contributed by atoms with van der Waals surface area (Å²) < 4.78 is 11.4. The number of rotatable bonds is 2. The Balaban J connectivity index is 1.73. The molecule has 1 N–H and O–H groups in total. The van der Waals surface area contributed by atoms with Gasteiger partial charge in [-0.15, -0.1) is 0 Å². The maximum Gasteiger partial charge on any atom is 0.249 e. The van der Waals surface area contributed by atoms with Gasteiger partial charge in [0.1, 0.15) is 18.9 Å². The van der Waals surface area contributed by atoms with E-state index in [4.69, 9.17) is 9.15 Å². The third kappa shape index (κ3) is 1.95. The summed E-state index contributed by atoms with van der Waals surface area (Å²) in [4.78, 5) is 25.2. The number of hydrogen-bond acceptors (Lipinski definition) is 5. The van der Waals surface area contributed by atoms with Crippen LogP contribution in [0.2, 0.25) is 0 Å². The molecule has 0 saturated carbocycles. The first-order valence-corrected chi connectivity index (χ1v) is 7.14. The zero-order valence-corrected chi connectivity index (χ0v) is 11.7. The Morgan fingerprint density at radius 3 is 2.73 bits per heavy atom. The monoisotopic (exact) mass is 298 g/mol. The van der Waals surface area contributed by atoms with Gasteiger partial charge in [0, 0.05) is 0 Å². The molecule has 1 aromatic carbocycles. The highest BCUT2D eigenvalue weighted by Crippen LogP contribution is 2.43. The van der Waals surface area contributed by atoms with Gasteiger partial charge in [-0.1, -0.05) is 30.3 Å². The summed E-state index contributed by atoms with van der Waals surface area (Å²) in [6, 6.07) is 9.25. The number of nitrogens with one attached hydrogen (secondary N) is 1. The van der Waals surface area contributed by atoms with Crippen molar-refractivity contribution in [2.45, 2.75) is 12.5 Å². The minimum Gasteiger partial charge on any atom is -0.486 e. The molecule has 112 valence electrons. The zero-order chi connectivity index (χ0) is 15.1. The number of carbonyl (C=O) groups is 2. The van der Waals surface area contributed by atoms with E-state index in [1.165, 1.54) is 0 Å². The number of fused-ring (bicyclic) bond motifs is 1. The highest BCUT2D eigenvalue weighted by molar-refractivity contribution is 6.07. The minimum absolute atomic E-state index is 0.152. The highest BCUT2D eigenvalue weighted by atomic mass is 16.5. The van der Waals surface area contributed by atoms with Crippen molar-refractivity contribution in [3.05, 3.63) is 36.6 Å². The Labute approximate surface area is 126 Å². The normalized spacial score (nSPS) is 20.5. The molecule has 0 radical (unpaired) electrons. The highest BCUT2D eigenvalue weighted by Gasteiger charge is 2.40. The lowest BCUT2D eigenvalue weighted by Gasteiger charge is -2.30. The fourth-order valence-corrected chi connectivity index (χ4v) is 2.93. The predicted octanol–water partition coefficient (Wildman–Crippen LogP) is 1.56. The van der Waals surface area contributed by atoms with Crippen molar-refractivity contribution in [1.82, 2.24) is 5.32 Å². The number of hydrogen-bond donors (Lipinski definition) is 1. The molecule has 6 heteroatoms. The second-order valence-electron chi connectivity index (χ2n) is 5.32. The van der Waals surface area contributed by atoms with E-state index < -0.39 is 6.04 Å². The summed E-state index contributed by atoms with van der Waals surface area (Å²) >= 11 is 0. The number of furan rings is 1. The molecule has 1 unspecified atom stereocenters. The second kappa shape index (κ2) is 4.91. The minimum atomic E-state index is -0.523. The van der Waals surface area contributed by atoms with Gasteiger partial charge in [-0.25, -0.2) is 0 Å². The van der Waals surface area contributed by atoms with Gasteiger partial charge >= 0.3 is 0 Å². The molecule has 0 bridgehead atoms. The molecule has 1 atom stereocenters. The van der Waals surface area contributed by atoms with Crippen LogP contribution in [0, 0.1) is 0 Å². The van der Waals surface area contributed by atoms with E-state index in [0.717, 1.165) is 11.1 Å². The lowest BCUT2D eigenvalue weighted by atomic mass is 10.1. The summed E-state index contributed by atoms with van der Waals surface area (Å²) in [5.74, 6) is 0.609. The molecule has 1 aromatic heterocycles. The lowest BCUT2D eigenvalue weighted by Crippen LogP contribution is -2.44. The van der Waals surface area contributed by atoms with Crippen LogP contribution in [0.1, 0.15) is 6.42 Å². The molecule has 2 aliphatic rings. The van der Waals surface area contributed by atoms with Crippen LogP contribution < -0.4 is 15.0 Å². The average Bonchev–Trinajstić information content (AvgIpc) is 3.11. The summed E-state index contributed by atoms with van der Waals surface area (Å²) in [7, 11) is 0. The number of imide groups is 1. The predicted molar refractivity (Wildman–Crippen MR) is 78.5 cm³/mol. The number of ether oxygens (including phenoxy) is 1. The Kier molecular flexibility index (Phi) is 2.89. The molecule has 2 aliphatic heterocycles. The third-order valence-electron chi connectivity index (χ3n) is 3.97. The SMILES string of the molecule is O=C1CC(N2CCOc3c(-c4ccccc4)coc32)C(=O)N1. The number of amides is 2. The molecule has 22 heavy (non-hydrogen) atoms. The molecule has 3 heterocycles. The van der Waals surface area contributed by atoms with E-state index in [0.29, 0.717) is 24.8 Å². The van der Waals surface area contributed by atoms with Gasteiger partial charge in [-0.2, -0.15) is 0 Å². The van der Waals surface area contributed by atoms with E-state index in [2.05, 4.69) is 5.32 Å². The van der Waals surface area contributed by atoms with E-state index in [1.54, 1.807) is 6.26 Å². The van der Waals surface area contributed by atoms with Gasteiger partial charge in [0.25, 0.3) is 0 Å². The molecule has 2 aromatic rings. The quantitative estimate of drug-likeness (QED) is 0.852. The molecule has 2 amide bonds. The summed E-state index contributed by atoms with van der Waals surface area (Å²) in [6.07, 6.45) is 1.78. The van der Waals surface area contributed by atoms with Crippen LogP contribution in [0.3, 0.4) is 0 Å². The number of anilines is 1. The first-order valence-electron chi connectivity index (χ1n) is 7.14. The van der Waals surface area contributed by atoms with Gasteiger partial charge in [-0.05, 0) is 5.56 Å². The Hall–Kier alpha value is -2.76. The van der Waals surface area contributed by atoms with E-state index >= 15 is 0 Å². The van der Waals surface area contributed by atoms with Gasteiger partial charge in [0.05, 0.1) is 18.5 Å². The molecule has 1 saturated heterocycles. The Morgan fingerprint density at radius 1 is 1.18 bits per heavy atom. The molecular formula is C16H14N2O4. The molecule has 4 rings (SSSR count). The van der Waals surface area contributed by atoms with E-state index in [-0.39, 0.29) is 18.2 Å². The van der Waals surface area contributed by atoms with Crippen molar-refractivity contribution in [1.29, 1.82) is 0 Å². The average molecular weight is 298 g/mol. The van der Waals surface area contributed by atoms with E-state index in [1.807, 2.05) is 35.2 Å². The van der Waals surface area contributed by atoms with Crippen LogP contribution in [0.4, 0.5) is 5.88 Å². The van der Waals surface area contributed by atoms with Crippen molar-refractivity contribution in [2.24, 2.45) is 0 Å². The molecule has 0 spiro atoms. The van der Waals surface area contributed by atoms with E-state index in [9.17, 15) is 9.59 Å². The molecule has 6 nitrogen and oxygen atoms in total. The fourth-order valence-electron chi connectivity index (χ4n) is 2.93. The zero-order valence-electron chi connectivity index (χ0n) is 11.7. The topological polar surface area (TPSA) is 71.8 Å². The fraction of sp³-hybridized carbons (Fsp3) is 0.250. The summed E-state index contributed by atoms with van der Waals surface area (Å²) in [5.41, 5.74) is 1.84. The largest absolute Gasteiger partial charge is 0.486 e. The van der Waals surface area contributed by atoms with Crippen LogP contribution in [0.25, 0.3) is 11.1 Å². The van der Waals surface area contributed by atoms with Crippen molar-refractivity contribution >= 4 is 17.7 Å². The van der Waals surface area contributed by atoms with Gasteiger partial charge in [-0.3, -0.25) is 14.9 Å². The smallest absolute Gasteiger partial charge is 0.249 e. The van der Waals surface area contributed by atoms with Crippen LogP contribution in [0.5, 0.6) is 5.75 Å². The Bertz CT molecular complexity index is 738. The standard InChI is InChI=1S/C16H14N2O4/c19-13-8-12(15(20)17-13)18-6-7-21-14-11(9-22-16(14)18)10-4-2-1-3-5-10/h1-5,9,12H,6-8H2,(H,17,19,20). The van der Waals surface area contributed by atoms with Gasteiger partial charge < -0.3 is 14.1 Å². The van der Waals surface area contributed by atoms with Gasteiger partial charge in [0.2, 0.25) is 17.7 Å². The maximum absolute atomic E-state index is 11.9. The maximum atomic E-state index is 11.9. The first-order chi connectivity index (χ1) is 10.7. The van der Waals surface area contributed by atoms with Crippen LogP contribution in [-0.2, 0) is 9.59 Å². The molecule has 0 aliphatic carbocycles. The Morgan fingerprint density at radius 2 is 2.00 bits per heavy atom. The van der Waals surface area contributed by atoms with Crippen LogP contribution in [0.15, 0.2) is 41.0 Å². The van der Waals surface area contributed by atoms with Gasteiger partial charge in [0.15, 0.2) is 5.75 Å². The second-order valence-corrected chi connectivity index (χ2v) is 5.32. The van der Waals surface area contributed by atoms with Crippen molar-refractivity contribution < 1.29 is 18.7 Å². The summed E-state index contributed by atoms with van der Waals surface area (Å²) in [5, 5.41) is 2.33. The third-order valence-corrected chi connectivity index (χ3v) is 3.97. The lowest BCUT2D eigenvalue weighted by molar-refractivity contribution is -0.125. The molecular weight excluding hydrogens is 284 g/mol.